The molecule has 0 atom stereocenters. The van der Waals surface area contributed by atoms with Gasteiger partial charge in [0.15, 0.2) is 8.32 Å². The van der Waals surface area contributed by atoms with Crippen LogP contribution in [0.1, 0.15) is 5.56 Å². The molecule has 6 heteroatoms. The molecule has 0 fully saturated rings. The predicted octanol–water partition coefficient (Wildman–Crippen LogP) is 3.37. The zero-order chi connectivity index (χ0) is 14.7. The van der Waals surface area contributed by atoms with Crippen molar-refractivity contribution in [1.29, 1.82) is 0 Å². The summed E-state index contributed by atoms with van der Waals surface area (Å²) in [4.78, 5) is 0. The topological polar surface area (TPSA) is 44.5 Å². The molecule has 19 heavy (non-hydrogen) atoms. The summed E-state index contributed by atoms with van der Waals surface area (Å²) in [5.74, 6) is 0. The van der Waals surface area contributed by atoms with Gasteiger partial charge in [0.05, 0.1) is 0 Å². The molecule has 0 aromatic heterocycles. The van der Waals surface area contributed by atoms with Crippen molar-refractivity contribution >= 4 is 25.4 Å². The fourth-order valence-electron chi connectivity index (χ4n) is 2.44. The lowest BCUT2D eigenvalue weighted by atomic mass is 10.2. The highest BCUT2D eigenvalue weighted by atomic mass is 28.5. The average molecular weight is 314 g/mol. The Bertz CT molecular complexity index is 402. The summed E-state index contributed by atoms with van der Waals surface area (Å²) in [6.45, 7) is 12.7. The Balaban J connectivity index is 2.68. The molecule has 1 aromatic carbocycles. The zero-order valence-electron chi connectivity index (χ0n) is 13.0. The maximum absolute atomic E-state index is 6.42. The van der Waals surface area contributed by atoms with Crippen LogP contribution in [0.15, 0.2) is 30.3 Å². The van der Waals surface area contributed by atoms with E-state index in [1.54, 1.807) is 0 Å². The molecule has 0 saturated carbocycles. The van der Waals surface area contributed by atoms with Crippen molar-refractivity contribution in [3.63, 3.8) is 0 Å². The lowest BCUT2D eigenvalue weighted by Crippen LogP contribution is -2.56. The van der Waals surface area contributed by atoms with Gasteiger partial charge in [-0.05, 0) is 50.9 Å². The third-order valence-corrected chi connectivity index (χ3v) is 12.0. The Kier molecular flexibility index (Phi) is 5.33. The smallest absolute Gasteiger partial charge is 0.312 e. The summed E-state index contributed by atoms with van der Waals surface area (Å²) in [6, 6.07) is 11.5. The minimum atomic E-state index is -2.13. The van der Waals surface area contributed by atoms with Crippen LogP contribution in [0.3, 0.4) is 0 Å². The molecule has 0 saturated heterocycles. The van der Waals surface area contributed by atoms with E-state index in [2.05, 4.69) is 50.5 Å². The molecule has 0 unspecified atom stereocenters. The lowest BCUT2D eigenvalue weighted by molar-refractivity contribution is 0.389. The molecule has 1 rings (SSSR count). The minimum Gasteiger partial charge on any atom is -0.436 e. The van der Waals surface area contributed by atoms with Crippen molar-refractivity contribution in [2.45, 2.75) is 45.3 Å². The quantitative estimate of drug-likeness (QED) is 0.819. The summed E-state index contributed by atoms with van der Waals surface area (Å²) in [7, 11) is -5.93. The molecule has 0 radical (unpaired) electrons. The van der Waals surface area contributed by atoms with Crippen LogP contribution in [0.4, 0.5) is 0 Å². The van der Waals surface area contributed by atoms with E-state index < -0.39 is 25.4 Å². The monoisotopic (exact) mass is 313 g/mol. The van der Waals surface area contributed by atoms with Gasteiger partial charge in [-0.1, -0.05) is 30.3 Å². The van der Waals surface area contributed by atoms with Crippen LogP contribution in [0.5, 0.6) is 0 Å². The third kappa shape index (κ3) is 7.19. The van der Waals surface area contributed by atoms with Crippen molar-refractivity contribution in [3.8, 4) is 0 Å². The second-order valence-electron chi connectivity index (χ2n) is 6.63. The maximum Gasteiger partial charge on any atom is 0.312 e. The predicted molar refractivity (Wildman–Crippen MR) is 88.9 cm³/mol. The van der Waals surface area contributed by atoms with Crippen molar-refractivity contribution in [1.82, 2.24) is 0 Å². The first-order chi connectivity index (χ1) is 8.49. The number of nitrogens with two attached hydrogens (primary N) is 1. The molecular weight excluding hydrogens is 286 g/mol. The van der Waals surface area contributed by atoms with Crippen LogP contribution < -0.4 is 5.40 Å². The molecule has 0 amide bonds. The van der Waals surface area contributed by atoms with Crippen molar-refractivity contribution in [2.24, 2.45) is 5.40 Å². The van der Waals surface area contributed by atoms with Crippen molar-refractivity contribution in [3.05, 3.63) is 35.9 Å². The van der Waals surface area contributed by atoms with Crippen LogP contribution >= 0.6 is 0 Å². The molecular formula is C13H27NO2Si3. The molecule has 0 spiro atoms. The van der Waals surface area contributed by atoms with Crippen LogP contribution in [0, 0.1) is 0 Å². The fraction of sp³-hybridized carbons (Fsp3) is 0.538. The first kappa shape index (κ1) is 16.8. The van der Waals surface area contributed by atoms with E-state index in [4.69, 9.17) is 13.6 Å². The summed E-state index contributed by atoms with van der Waals surface area (Å²) in [6.07, 6.45) is 0. The van der Waals surface area contributed by atoms with Gasteiger partial charge in [0.25, 0.3) is 8.48 Å². The Morgan fingerprint density at radius 2 is 1.42 bits per heavy atom. The first-order valence-corrected chi connectivity index (χ1v) is 15.6. The first-order valence-electron chi connectivity index (χ1n) is 6.72. The highest BCUT2D eigenvalue weighted by Gasteiger charge is 2.38. The Labute approximate surface area is 120 Å². The number of rotatable bonds is 6. The molecule has 2 N–H and O–H groups in total. The SMILES string of the molecule is C[Si](C)(N)O[Si](C)(C)O[Si](C)(C)Cc1ccccc1. The highest BCUT2D eigenvalue weighted by molar-refractivity contribution is 6.86. The number of benzene rings is 1. The second kappa shape index (κ2) is 6.03. The van der Waals surface area contributed by atoms with E-state index in [-0.39, 0.29) is 0 Å². The standard InChI is InChI=1S/C13H27NO2Si3/c1-17(2,12-13-10-8-7-9-11-13)15-19(5,6)16-18(3,4)14/h7-11H,12,14H2,1-6H3. The Hall–Kier alpha value is -0.249. The van der Waals surface area contributed by atoms with Gasteiger partial charge in [-0.15, -0.1) is 0 Å². The minimum absolute atomic E-state index is 1.01. The fourth-order valence-corrected chi connectivity index (χ4v) is 14.9. The van der Waals surface area contributed by atoms with Crippen molar-refractivity contribution < 1.29 is 8.23 Å². The van der Waals surface area contributed by atoms with Gasteiger partial charge in [-0.3, -0.25) is 0 Å². The maximum atomic E-state index is 6.42. The normalized spacial score (nSPS) is 13.6. The van der Waals surface area contributed by atoms with Crippen molar-refractivity contribution in [2.75, 3.05) is 0 Å². The largest absolute Gasteiger partial charge is 0.436 e. The Morgan fingerprint density at radius 3 is 1.89 bits per heavy atom. The van der Waals surface area contributed by atoms with E-state index in [9.17, 15) is 0 Å². The number of hydrogen-bond acceptors (Lipinski definition) is 3. The summed E-state index contributed by atoms with van der Waals surface area (Å²) >= 11 is 0. The Morgan fingerprint density at radius 1 is 0.895 bits per heavy atom. The van der Waals surface area contributed by atoms with E-state index in [0.717, 1.165) is 6.04 Å². The zero-order valence-corrected chi connectivity index (χ0v) is 16.0. The molecule has 0 heterocycles. The molecule has 108 valence electrons. The van der Waals surface area contributed by atoms with Crippen LogP contribution in [0.2, 0.25) is 39.3 Å². The average Bonchev–Trinajstić information content (AvgIpc) is 2.11. The van der Waals surface area contributed by atoms with E-state index in [1.807, 2.05) is 19.2 Å². The molecule has 0 bridgehead atoms. The van der Waals surface area contributed by atoms with Gasteiger partial charge in [0, 0.05) is 0 Å². The van der Waals surface area contributed by atoms with Gasteiger partial charge in [-0.25, -0.2) is 0 Å². The van der Waals surface area contributed by atoms with E-state index >= 15 is 0 Å². The van der Waals surface area contributed by atoms with Crippen LogP contribution in [-0.2, 0) is 14.3 Å². The molecule has 1 aromatic rings. The highest BCUT2D eigenvalue weighted by Crippen LogP contribution is 2.21. The summed E-state index contributed by atoms with van der Waals surface area (Å²) in [5.41, 5.74) is 1.34. The molecule has 3 nitrogen and oxygen atoms in total. The van der Waals surface area contributed by atoms with E-state index in [1.165, 1.54) is 5.56 Å². The van der Waals surface area contributed by atoms with Crippen LogP contribution in [0.25, 0.3) is 0 Å². The van der Waals surface area contributed by atoms with Gasteiger partial charge in [0.2, 0.25) is 0 Å². The van der Waals surface area contributed by atoms with Gasteiger partial charge >= 0.3 is 8.56 Å². The van der Waals surface area contributed by atoms with E-state index in [0.29, 0.717) is 0 Å². The molecule has 0 aliphatic heterocycles. The summed E-state index contributed by atoms with van der Waals surface area (Å²) in [5, 5.41) is 6.08. The molecule has 0 aliphatic carbocycles. The summed E-state index contributed by atoms with van der Waals surface area (Å²) < 4.78 is 12.5. The van der Waals surface area contributed by atoms with Gasteiger partial charge in [0.1, 0.15) is 0 Å². The van der Waals surface area contributed by atoms with Gasteiger partial charge in [-0.2, -0.15) is 0 Å². The third-order valence-electron chi connectivity index (χ3n) is 2.50. The lowest BCUT2D eigenvalue weighted by Gasteiger charge is -2.37. The number of hydrogen-bond donors (Lipinski definition) is 1. The van der Waals surface area contributed by atoms with Crippen LogP contribution in [-0.4, -0.2) is 25.4 Å². The molecule has 0 aliphatic rings. The van der Waals surface area contributed by atoms with Gasteiger partial charge < -0.3 is 13.6 Å². The second-order valence-corrected chi connectivity index (χ2v) is 18.1.